The van der Waals surface area contributed by atoms with Crippen LogP contribution in [-0.4, -0.2) is 26.6 Å². The number of nitrogens with one attached hydrogen (secondary N) is 3. The number of carbonyl (C=O) groups excluding carboxylic acids is 2. The first-order valence-electron chi connectivity index (χ1n) is 9.72. The third-order valence-electron chi connectivity index (χ3n) is 4.57. The van der Waals surface area contributed by atoms with E-state index in [2.05, 4.69) is 16.0 Å². The molecular weight excluding hydrogens is 464 g/mol. The first kappa shape index (κ1) is 24.2. The number of carbonyl (C=O) groups is 2. The van der Waals surface area contributed by atoms with Crippen molar-refractivity contribution < 1.29 is 24.4 Å². The second-order valence-corrected chi connectivity index (χ2v) is 7.05. The number of amides is 2. The summed E-state index contributed by atoms with van der Waals surface area (Å²) in [6, 6.07) is 13.1. The third-order valence-corrected chi connectivity index (χ3v) is 4.57. The van der Waals surface area contributed by atoms with Gasteiger partial charge < -0.3 is 16.0 Å². The van der Waals surface area contributed by atoms with Gasteiger partial charge in [-0.05, 0) is 48.5 Å². The van der Waals surface area contributed by atoms with Crippen molar-refractivity contribution in [1.29, 1.82) is 0 Å². The SMILES string of the molecule is CC(=O)Nc1ccc(NC(=O)c2ccc(Nc3c([N+](=O)[O-])cc([N+](=O)[O-])cc3[N+](=O)[O-])cc2)cc1. The van der Waals surface area contributed by atoms with Gasteiger partial charge in [0.1, 0.15) is 0 Å². The number of rotatable bonds is 8. The lowest BCUT2D eigenvalue weighted by molar-refractivity contribution is -0.401. The molecule has 14 nitrogen and oxygen atoms in total. The summed E-state index contributed by atoms with van der Waals surface area (Å²) < 4.78 is 0. The molecule has 178 valence electrons. The van der Waals surface area contributed by atoms with Gasteiger partial charge in [-0.2, -0.15) is 0 Å². The predicted octanol–water partition coefficient (Wildman–Crippen LogP) is 4.37. The third kappa shape index (κ3) is 5.89. The molecule has 0 aliphatic heterocycles. The Labute approximate surface area is 196 Å². The van der Waals surface area contributed by atoms with Crippen molar-refractivity contribution in [2.75, 3.05) is 16.0 Å². The van der Waals surface area contributed by atoms with E-state index in [0.29, 0.717) is 23.5 Å². The molecule has 14 heteroatoms. The molecule has 0 spiro atoms. The van der Waals surface area contributed by atoms with Crippen LogP contribution >= 0.6 is 0 Å². The molecule has 0 fully saturated rings. The Morgan fingerprint density at radius 1 is 0.686 bits per heavy atom. The lowest BCUT2D eigenvalue weighted by Crippen LogP contribution is -2.12. The Morgan fingerprint density at radius 2 is 1.14 bits per heavy atom. The Hall–Kier alpha value is -5.40. The summed E-state index contributed by atoms with van der Waals surface area (Å²) in [5.41, 5.74) is -1.64. The minimum absolute atomic E-state index is 0.168. The van der Waals surface area contributed by atoms with Crippen LogP contribution in [0, 0.1) is 30.3 Å². The Bertz CT molecular complexity index is 1300. The molecule has 3 N–H and O–H groups in total. The molecule has 0 radical (unpaired) electrons. The highest BCUT2D eigenvalue weighted by molar-refractivity contribution is 6.04. The summed E-state index contributed by atoms with van der Waals surface area (Å²) in [5.74, 6) is -0.712. The Balaban J connectivity index is 1.81. The zero-order chi connectivity index (χ0) is 25.7. The van der Waals surface area contributed by atoms with Crippen LogP contribution in [0.25, 0.3) is 0 Å². The van der Waals surface area contributed by atoms with Crippen LogP contribution in [-0.2, 0) is 4.79 Å². The first-order valence-corrected chi connectivity index (χ1v) is 9.72. The van der Waals surface area contributed by atoms with Crippen LogP contribution in [0.1, 0.15) is 17.3 Å². The van der Waals surface area contributed by atoms with Gasteiger partial charge in [0.05, 0.1) is 26.9 Å². The zero-order valence-corrected chi connectivity index (χ0v) is 17.9. The zero-order valence-electron chi connectivity index (χ0n) is 17.9. The maximum absolute atomic E-state index is 12.5. The summed E-state index contributed by atoms with van der Waals surface area (Å²) in [4.78, 5) is 54.4. The van der Waals surface area contributed by atoms with Crippen LogP contribution in [0.4, 0.5) is 39.8 Å². The molecular formula is C21H16N6O8. The average molecular weight is 480 g/mol. The van der Waals surface area contributed by atoms with Gasteiger partial charge in [-0.15, -0.1) is 0 Å². The van der Waals surface area contributed by atoms with E-state index in [9.17, 15) is 39.9 Å². The number of benzene rings is 3. The highest BCUT2D eigenvalue weighted by Gasteiger charge is 2.30. The number of anilines is 4. The molecule has 0 saturated carbocycles. The van der Waals surface area contributed by atoms with Crippen molar-refractivity contribution in [3.63, 3.8) is 0 Å². The fourth-order valence-electron chi connectivity index (χ4n) is 3.01. The number of nitrogens with zero attached hydrogens (tertiary/aromatic N) is 3. The van der Waals surface area contributed by atoms with E-state index in [1.165, 1.54) is 31.2 Å². The van der Waals surface area contributed by atoms with E-state index in [-0.39, 0.29) is 17.2 Å². The quantitative estimate of drug-likeness (QED) is 0.309. The lowest BCUT2D eigenvalue weighted by atomic mass is 10.1. The molecule has 0 aliphatic carbocycles. The monoisotopic (exact) mass is 480 g/mol. The van der Waals surface area contributed by atoms with E-state index in [4.69, 9.17) is 0 Å². The first-order chi connectivity index (χ1) is 16.5. The molecule has 0 saturated heterocycles. The van der Waals surface area contributed by atoms with E-state index >= 15 is 0 Å². The number of nitro groups is 3. The summed E-state index contributed by atoms with van der Waals surface area (Å²) in [5, 5.41) is 41.6. The minimum atomic E-state index is -0.971. The molecule has 0 unspecified atom stereocenters. The Kier molecular flexibility index (Phi) is 6.95. The second kappa shape index (κ2) is 10.0. The van der Waals surface area contributed by atoms with Crippen molar-refractivity contribution >= 4 is 51.6 Å². The van der Waals surface area contributed by atoms with Crippen LogP contribution in [0.5, 0.6) is 0 Å². The molecule has 2 amide bonds. The van der Waals surface area contributed by atoms with Crippen molar-refractivity contribution in [2.45, 2.75) is 6.92 Å². The van der Waals surface area contributed by atoms with E-state index in [1.54, 1.807) is 24.3 Å². The van der Waals surface area contributed by atoms with Crippen LogP contribution < -0.4 is 16.0 Å². The van der Waals surface area contributed by atoms with Gasteiger partial charge in [0.25, 0.3) is 11.6 Å². The maximum atomic E-state index is 12.5. The molecule has 3 aromatic carbocycles. The van der Waals surface area contributed by atoms with Crippen LogP contribution in [0.3, 0.4) is 0 Å². The van der Waals surface area contributed by atoms with E-state index in [0.717, 1.165) is 0 Å². The maximum Gasteiger partial charge on any atom is 0.306 e. The van der Waals surface area contributed by atoms with Gasteiger partial charge in [0.15, 0.2) is 5.69 Å². The van der Waals surface area contributed by atoms with Gasteiger partial charge in [0, 0.05) is 29.5 Å². The lowest BCUT2D eigenvalue weighted by Gasteiger charge is -2.10. The van der Waals surface area contributed by atoms with Crippen LogP contribution in [0.2, 0.25) is 0 Å². The van der Waals surface area contributed by atoms with Crippen LogP contribution in [0.15, 0.2) is 60.7 Å². The molecule has 3 rings (SSSR count). The largest absolute Gasteiger partial charge is 0.344 e. The van der Waals surface area contributed by atoms with Gasteiger partial charge in [-0.25, -0.2) is 0 Å². The molecule has 0 aromatic heterocycles. The molecule has 3 aromatic rings. The summed E-state index contributed by atoms with van der Waals surface area (Å²) in [6.45, 7) is 1.37. The molecule has 0 atom stereocenters. The number of non-ortho nitro benzene ring substituents is 1. The second-order valence-electron chi connectivity index (χ2n) is 7.05. The van der Waals surface area contributed by atoms with Crippen molar-refractivity contribution in [3.8, 4) is 0 Å². The number of hydrogen-bond donors (Lipinski definition) is 3. The number of hydrogen-bond acceptors (Lipinski definition) is 9. The fourth-order valence-corrected chi connectivity index (χ4v) is 3.01. The smallest absolute Gasteiger partial charge is 0.306 e. The molecule has 35 heavy (non-hydrogen) atoms. The average Bonchev–Trinajstić information content (AvgIpc) is 2.80. The molecule has 0 bridgehead atoms. The Morgan fingerprint density at radius 3 is 1.57 bits per heavy atom. The standard InChI is InChI=1S/C21H16N6O8/c1-12(28)22-14-6-8-16(9-7-14)24-21(29)13-2-4-15(5-3-13)23-20-18(26(32)33)10-17(25(30)31)11-19(20)27(34)35/h2-11,23H,1H3,(H,22,28)(H,24,29). The normalized spacial score (nSPS) is 10.2. The predicted molar refractivity (Wildman–Crippen MR) is 125 cm³/mol. The topological polar surface area (TPSA) is 200 Å². The summed E-state index contributed by atoms with van der Waals surface area (Å²) in [6.07, 6.45) is 0. The van der Waals surface area contributed by atoms with Gasteiger partial charge in [0.2, 0.25) is 5.91 Å². The van der Waals surface area contributed by atoms with Crippen molar-refractivity contribution in [1.82, 2.24) is 0 Å². The highest BCUT2D eigenvalue weighted by atomic mass is 16.6. The van der Waals surface area contributed by atoms with E-state index < -0.39 is 43.4 Å². The molecule has 0 aliphatic rings. The molecule has 0 heterocycles. The number of nitro benzene ring substituents is 3. The van der Waals surface area contributed by atoms with Crippen molar-refractivity contribution in [2.24, 2.45) is 0 Å². The summed E-state index contributed by atoms with van der Waals surface area (Å²) >= 11 is 0. The van der Waals surface area contributed by atoms with E-state index in [1.807, 2.05) is 0 Å². The van der Waals surface area contributed by atoms with Gasteiger partial charge in [-0.3, -0.25) is 39.9 Å². The highest BCUT2D eigenvalue weighted by Crippen LogP contribution is 2.40. The van der Waals surface area contributed by atoms with Gasteiger partial charge >= 0.3 is 11.4 Å². The summed E-state index contributed by atoms with van der Waals surface area (Å²) in [7, 11) is 0. The minimum Gasteiger partial charge on any atom is -0.344 e. The van der Waals surface area contributed by atoms with Crippen molar-refractivity contribution in [3.05, 3.63) is 96.6 Å². The van der Waals surface area contributed by atoms with Gasteiger partial charge in [-0.1, -0.05) is 0 Å². The fraction of sp³-hybridized carbons (Fsp3) is 0.0476.